The van der Waals surface area contributed by atoms with Crippen LogP contribution in [0.2, 0.25) is 5.02 Å². The van der Waals surface area contributed by atoms with Crippen LogP contribution in [0.1, 0.15) is 25.8 Å². The van der Waals surface area contributed by atoms with Gasteiger partial charge in [-0.1, -0.05) is 34.5 Å². The number of hydrogen-bond acceptors (Lipinski definition) is 2. The molecule has 0 aliphatic heterocycles. The SMILES string of the molecule is CCC(C)Oc1cc(OC(F)F)c(CBr)cc1Cl. The van der Waals surface area contributed by atoms with E-state index >= 15 is 0 Å². The van der Waals surface area contributed by atoms with Crippen LogP contribution >= 0.6 is 27.5 Å². The van der Waals surface area contributed by atoms with E-state index in [9.17, 15) is 8.78 Å². The monoisotopic (exact) mass is 342 g/mol. The highest BCUT2D eigenvalue weighted by Crippen LogP contribution is 2.35. The predicted octanol–water partition coefficient (Wildman–Crippen LogP) is 5.01. The third-order valence-electron chi connectivity index (χ3n) is 2.38. The van der Waals surface area contributed by atoms with Crippen molar-refractivity contribution in [2.45, 2.75) is 38.3 Å². The maximum absolute atomic E-state index is 12.3. The molecular formula is C12H14BrClF2O2. The van der Waals surface area contributed by atoms with Gasteiger partial charge in [0.15, 0.2) is 0 Å². The molecule has 1 unspecified atom stereocenters. The van der Waals surface area contributed by atoms with Crippen molar-refractivity contribution in [3.8, 4) is 11.5 Å². The Morgan fingerprint density at radius 2 is 1.94 bits per heavy atom. The van der Waals surface area contributed by atoms with E-state index in [0.717, 1.165) is 6.42 Å². The van der Waals surface area contributed by atoms with Crippen molar-refractivity contribution in [1.82, 2.24) is 0 Å². The molecule has 0 aliphatic carbocycles. The van der Waals surface area contributed by atoms with Crippen molar-refractivity contribution in [2.24, 2.45) is 0 Å². The minimum atomic E-state index is -2.87. The fraction of sp³-hybridized carbons (Fsp3) is 0.500. The van der Waals surface area contributed by atoms with Crippen molar-refractivity contribution in [3.05, 3.63) is 22.7 Å². The molecule has 0 radical (unpaired) electrons. The summed E-state index contributed by atoms with van der Waals surface area (Å²) in [6, 6.07) is 2.96. The highest BCUT2D eigenvalue weighted by molar-refractivity contribution is 9.08. The van der Waals surface area contributed by atoms with Gasteiger partial charge in [0, 0.05) is 17.0 Å². The molecule has 0 spiro atoms. The molecule has 1 atom stereocenters. The Labute approximate surface area is 118 Å². The van der Waals surface area contributed by atoms with E-state index < -0.39 is 6.61 Å². The zero-order valence-corrected chi connectivity index (χ0v) is 12.4. The lowest BCUT2D eigenvalue weighted by atomic mass is 10.2. The maximum atomic E-state index is 12.3. The molecule has 0 saturated heterocycles. The van der Waals surface area contributed by atoms with Crippen LogP contribution in [0.25, 0.3) is 0 Å². The van der Waals surface area contributed by atoms with Gasteiger partial charge in [0.1, 0.15) is 11.5 Å². The van der Waals surface area contributed by atoms with Crippen LogP contribution in [0.3, 0.4) is 0 Å². The van der Waals surface area contributed by atoms with E-state index in [1.165, 1.54) is 6.07 Å². The first-order chi connectivity index (χ1) is 8.47. The third-order valence-corrected chi connectivity index (χ3v) is 3.28. The van der Waals surface area contributed by atoms with E-state index in [0.29, 0.717) is 21.7 Å². The topological polar surface area (TPSA) is 18.5 Å². The summed E-state index contributed by atoms with van der Waals surface area (Å²) in [5, 5.41) is 0.754. The first-order valence-corrected chi connectivity index (χ1v) is 6.97. The predicted molar refractivity (Wildman–Crippen MR) is 71.1 cm³/mol. The molecule has 0 amide bonds. The molecular weight excluding hydrogens is 329 g/mol. The number of halogens is 4. The minimum absolute atomic E-state index is 0.0447. The Balaban J connectivity index is 3.04. The summed E-state index contributed by atoms with van der Waals surface area (Å²) < 4.78 is 34.6. The zero-order chi connectivity index (χ0) is 13.7. The molecule has 6 heteroatoms. The summed E-state index contributed by atoms with van der Waals surface area (Å²) in [4.78, 5) is 0. The molecule has 0 bridgehead atoms. The van der Waals surface area contributed by atoms with Crippen molar-refractivity contribution in [3.63, 3.8) is 0 Å². The number of rotatable bonds is 6. The van der Waals surface area contributed by atoms with Crippen molar-refractivity contribution >= 4 is 27.5 Å². The van der Waals surface area contributed by atoms with Crippen LogP contribution in [0.4, 0.5) is 8.78 Å². The number of hydrogen-bond donors (Lipinski definition) is 0. The lowest BCUT2D eigenvalue weighted by Gasteiger charge is -2.17. The molecule has 1 rings (SSSR count). The molecule has 0 saturated carbocycles. The molecule has 1 aromatic carbocycles. The van der Waals surface area contributed by atoms with Crippen LogP contribution in [0.5, 0.6) is 11.5 Å². The van der Waals surface area contributed by atoms with Crippen LogP contribution in [0, 0.1) is 0 Å². The number of alkyl halides is 3. The van der Waals surface area contributed by atoms with Gasteiger partial charge in [-0.05, 0) is 19.4 Å². The first-order valence-electron chi connectivity index (χ1n) is 5.47. The molecule has 0 heterocycles. The molecule has 1 aromatic rings. The zero-order valence-electron chi connectivity index (χ0n) is 10.1. The quantitative estimate of drug-likeness (QED) is 0.676. The van der Waals surface area contributed by atoms with Gasteiger partial charge in [-0.2, -0.15) is 8.78 Å². The van der Waals surface area contributed by atoms with E-state index in [1.54, 1.807) is 6.07 Å². The number of ether oxygens (including phenoxy) is 2. The molecule has 0 aromatic heterocycles. The van der Waals surface area contributed by atoms with Gasteiger partial charge >= 0.3 is 6.61 Å². The Hall–Kier alpha value is -0.550. The Morgan fingerprint density at radius 1 is 1.28 bits per heavy atom. The van der Waals surface area contributed by atoms with Gasteiger partial charge in [0.25, 0.3) is 0 Å². The lowest BCUT2D eigenvalue weighted by molar-refractivity contribution is -0.0504. The lowest BCUT2D eigenvalue weighted by Crippen LogP contribution is -2.11. The van der Waals surface area contributed by atoms with Crippen LogP contribution in [0.15, 0.2) is 12.1 Å². The van der Waals surface area contributed by atoms with Gasteiger partial charge < -0.3 is 9.47 Å². The molecule has 2 nitrogen and oxygen atoms in total. The molecule has 102 valence electrons. The van der Waals surface area contributed by atoms with Gasteiger partial charge in [0.2, 0.25) is 0 Å². The molecule has 0 N–H and O–H groups in total. The second-order valence-electron chi connectivity index (χ2n) is 3.74. The summed E-state index contributed by atoms with van der Waals surface area (Å²) in [6.45, 7) is 0.963. The second kappa shape index (κ2) is 7.14. The molecule has 18 heavy (non-hydrogen) atoms. The summed E-state index contributed by atoms with van der Waals surface area (Å²) in [6.07, 6.45) is 0.749. The third kappa shape index (κ3) is 4.28. The van der Waals surface area contributed by atoms with Gasteiger partial charge in [-0.3, -0.25) is 0 Å². The Morgan fingerprint density at radius 3 is 2.44 bits per heavy atom. The smallest absolute Gasteiger partial charge is 0.387 e. The standard InChI is InChI=1S/C12H14BrClF2O2/c1-3-7(2)17-11-5-10(18-12(15)16)8(6-13)4-9(11)14/h4-5,7,12H,3,6H2,1-2H3. The highest BCUT2D eigenvalue weighted by atomic mass is 79.9. The second-order valence-corrected chi connectivity index (χ2v) is 4.71. The van der Waals surface area contributed by atoms with Crippen molar-refractivity contribution in [1.29, 1.82) is 0 Å². The van der Waals surface area contributed by atoms with E-state index in [4.69, 9.17) is 16.3 Å². The Bertz CT molecular complexity index is 402. The van der Waals surface area contributed by atoms with E-state index in [-0.39, 0.29) is 11.9 Å². The normalized spacial score (nSPS) is 12.6. The molecule has 0 aliphatic rings. The van der Waals surface area contributed by atoms with Crippen molar-refractivity contribution in [2.75, 3.05) is 0 Å². The van der Waals surface area contributed by atoms with Crippen LogP contribution in [-0.4, -0.2) is 12.7 Å². The number of benzene rings is 1. The summed E-state index contributed by atoms with van der Waals surface area (Å²) in [5.41, 5.74) is 0.553. The summed E-state index contributed by atoms with van der Waals surface area (Å²) in [7, 11) is 0. The average molecular weight is 344 g/mol. The van der Waals surface area contributed by atoms with Crippen LogP contribution in [-0.2, 0) is 5.33 Å². The van der Waals surface area contributed by atoms with E-state index in [1.807, 2.05) is 13.8 Å². The summed E-state index contributed by atoms with van der Waals surface area (Å²) in [5.74, 6) is 0.427. The van der Waals surface area contributed by atoms with Gasteiger partial charge in [0.05, 0.1) is 11.1 Å². The fourth-order valence-electron chi connectivity index (χ4n) is 1.28. The van der Waals surface area contributed by atoms with E-state index in [2.05, 4.69) is 20.7 Å². The average Bonchev–Trinajstić information content (AvgIpc) is 2.32. The van der Waals surface area contributed by atoms with Crippen molar-refractivity contribution < 1.29 is 18.3 Å². The highest BCUT2D eigenvalue weighted by Gasteiger charge is 2.15. The maximum Gasteiger partial charge on any atom is 0.387 e. The first kappa shape index (κ1) is 15.5. The van der Waals surface area contributed by atoms with Gasteiger partial charge in [-0.25, -0.2) is 0 Å². The summed E-state index contributed by atoms with van der Waals surface area (Å²) >= 11 is 9.23. The minimum Gasteiger partial charge on any atom is -0.489 e. The fourth-order valence-corrected chi connectivity index (χ4v) is 1.95. The largest absolute Gasteiger partial charge is 0.489 e. The van der Waals surface area contributed by atoms with Crippen LogP contribution < -0.4 is 9.47 Å². The molecule has 0 fully saturated rings. The van der Waals surface area contributed by atoms with Gasteiger partial charge in [-0.15, -0.1) is 0 Å². The Kier molecular flexibility index (Phi) is 6.15.